The van der Waals surface area contributed by atoms with E-state index in [1.165, 1.54) is 10.7 Å². The van der Waals surface area contributed by atoms with Crippen molar-refractivity contribution >= 4 is 12.2 Å². The first-order chi connectivity index (χ1) is 8.16. The van der Waals surface area contributed by atoms with Gasteiger partial charge in [0.2, 0.25) is 4.77 Å². The topological polar surface area (TPSA) is 33.6 Å². The molecule has 0 fully saturated rings. The summed E-state index contributed by atoms with van der Waals surface area (Å²) in [6.07, 6.45) is -1.01. The molecule has 0 saturated heterocycles. The van der Waals surface area contributed by atoms with Crippen LogP contribution in [0.4, 0.5) is 8.78 Å². The maximum Gasteiger partial charge on any atom is 0.213 e. The second-order valence-corrected chi connectivity index (χ2v) is 4.38. The molecule has 2 atom stereocenters. The highest BCUT2D eigenvalue weighted by atomic mass is 32.1. The van der Waals surface area contributed by atoms with Crippen LogP contribution >= 0.6 is 12.2 Å². The van der Waals surface area contributed by atoms with Crippen LogP contribution in [0.3, 0.4) is 0 Å². The molecular weight excluding hydrogens is 244 g/mol. The largest absolute Gasteiger partial charge is 0.270 e. The summed E-state index contributed by atoms with van der Waals surface area (Å²) >= 11 is 4.86. The molecule has 0 spiro atoms. The number of alkyl halides is 1. The molecular formula is C11H9F2N3S. The smallest absolute Gasteiger partial charge is 0.213 e. The fourth-order valence-corrected chi connectivity index (χ4v) is 2.41. The van der Waals surface area contributed by atoms with Crippen LogP contribution in [0.25, 0.3) is 0 Å². The summed E-state index contributed by atoms with van der Waals surface area (Å²) in [5.74, 6) is -0.0891. The number of nitrogens with one attached hydrogen (secondary N) is 1. The first-order valence-corrected chi connectivity index (χ1v) is 5.64. The van der Waals surface area contributed by atoms with Gasteiger partial charge >= 0.3 is 0 Å². The number of hydrogen-bond acceptors (Lipinski definition) is 2. The number of fused-ring (bicyclic) bond motifs is 1. The molecule has 1 N–H and O–H groups in total. The van der Waals surface area contributed by atoms with E-state index in [2.05, 4.69) is 10.1 Å². The Balaban J connectivity index is 2.13. The molecule has 0 aliphatic carbocycles. The van der Waals surface area contributed by atoms with Gasteiger partial charge in [-0.2, -0.15) is 0 Å². The van der Waals surface area contributed by atoms with Gasteiger partial charge in [-0.05, 0) is 18.3 Å². The van der Waals surface area contributed by atoms with Gasteiger partial charge in [0.15, 0.2) is 12.0 Å². The number of rotatable bonds is 1. The number of hydrogen-bond donors (Lipinski definition) is 1. The van der Waals surface area contributed by atoms with E-state index in [1.807, 2.05) is 0 Å². The molecule has 6 heteroatoms. The summed E-state index contributed by atoms with van der Waals surface area (Å²) in [5, 5.41) is 2.78. The van der Waals surface area contributed by atoms with Gasteiger partial charge in [-0.15, -0.1) is 0 Å². The van der Waals surface area contributed by atoms with Crippen molar-refractivity contribution in [1.82, 2.24) is 14.8 Å². The average Bonchev–Trinajstić information content (AvgIpc) is 2.80. The van der Waals surface area contributed by atoms with E-state index < -0.39 is 12.2 Å². The Hall–Kier alpha value is -1.56. The van der Waals surface area contributed by atoms with Gasteiger partial charge < -0.3 is 0 Å². The van der Waals surface area contributed by atoms with Crippen LogP contribution in [0.5, 0.6) is 0 Å². The third-order valence-corrected chi connectivity index (χ3v) is 3.15. The van der Waals surface area contributed by atoms with Gasteiger partial charge in [0, 0.05) is 12.0 Å². The van der Waals surface area contributed by atoms with Gasteiger partial charge in [0.1, 0.15) is 5.82 Å². The van der Waals surface area contributed by atoms with Gasteiger partial charge in [-0.3, -0.25) is 9.78 Å². The Morgan fingerprint density at radius 2 is 2.18 bits per heavy atom. The number of benzene rings is 1. The summed E-state index contributed by atoms with van der Waals surface area (Å²) < 4.78 is 29.1. The quantitative estimate of drug-likeness (QED) is 0.792. The predicted octanol–water partition coefficient (Wildman–Crippen LogP) is 3.08. The summed E-state index contributed by atoms with van der Waals surface area (Å²) in [6, 6.07) is 5.96. The molecule has 1 aromatic heterocycles. The zero-order chi connectivity index (χ0) is 12.0. The zero-order valence-electron chi connectivity index (χ0n) is 8.73. The SMILES string of the molecule is Fc1ccccc1C1CC(F)c2nc(=S)[nH]n21. The molecule has 0 saturated carbocycles. The fraction of sp³-hybridized carbons (Fsp3) is 0.273. The van der Waals surface area contributed by atoms with Crippen molar-refractivity contribution in [2.75, 3.05) is 0 Å². The van der Waals surface area contributed by atoms with Gasteiger partial charge in [-0.1, -0.05) is 18.2 Å². The maximum absolute atomic E-state index is 13.7. The molecule has 88 valence electrons. The Labute approximate surface area is 101 Å². The lowest BCUT2D eigenvalue weighted by Gasteiger charge is -2.13. The van der Waals surface area contributed by atoms with E-state index in [0.29, 0.717) is 5.56 Å². The van der Waals surface area contributed by atoms with Gasteiger partial charge in [0.25, 0.3) is 0 Å². The van der Waals surface area contributed by atoms with Crippen LogP contribution in [0, 0.1) is 10.6 Å². The lowest BCUT2D eigenvalue weighted by molar-refractivity contribution is 0.327. The maximum atomic E-state index is 13.7. The van der Waals surface area contributed by atoms with E-state index in [9.17, 15) is 8.78 Å². The monoisotopic (exact) mass is 253 g/mol. The van der Waals surface area contributed by atoms with E-state index in [-0.39, 0.29) is 22.8 Å². The van der Waals surface area contributed by atoms with Crippen LogP contribution in [-0.4, -0.2) is 14.8 Å². The Morgan fingerprint density at radius 1 is 1.41 bits per heavy atom. The van der Waals surface area contributed by atoms with Gasteiger partial charge in [-0.25, -0.2) is 13.8 Å². The molecule has 2 heterocycles. The third kappa shape index (κ3) is 1.59. The molecule has 2 aromatic rings. The van der Waals surface area contributed by atoms with Crippen molar-refractivity contribution in [3.8, 4) is 0 Å². The average molecular weight is 253 g/mol. The molecule has 3 nitrogen and oxygen atoms in total. The van der Waals surface area contributed by atoms with Crippen LogP contribution < -0.4 is 0 Å². The molecule has 2 unspecified atom stereocenters. The number of aromatic nitrogens is 3. The van der Waals surface area contributed by atoms with Crippen molar-refractivity contribution in [2.45, 2.75) is 18.6 Å². The second kappa shape index (κ2) is 3.73. The van der Waals surface area contributed by atoms with Crippen molar-refractivity contribution in [3.63, 3.8) is 0 Å². The highest BCUT2D eigenvalue weighted by Gasteiger charge is 2.35. The molecule has 0 amide bonds. The third-order valence-electron chi connectivity index (χ3n) is 2.97. The first-order valence-electron chi connectivity index (χ1n) is 5.24. The normalized spacial score (nSPS) is 22.7. The summed E-state index contributed by atoms with van der Waals surface area (Å²) in [7, 11) is 0. The molecule has 1 aliphatic rings. The van der Waals surface area contributed by atoms with E-state index in [0.717, 1.165) is 0 Å². The van der Waals surface area contributed by atoms with E-state index in [1.54, 1.807) is 18.2 Å². The lowest BCUT2D eigenvalue weighted by atomic mass is 10.0. The number of H-pyrrole nitrogens is 1. The number of nitrogens with zero attached hydrogens (tertiary/aromatic N) is 2. The minimum absolute atomic E-state index is 0.190. The highest BCUT2D eigenvalue weighted by Crippen LogP contribution is 2.39. The summed E-state index contributed by atoms with van der Waals surface area (Å²) in [6.45, 7) is 0. The van der Waals surface area contributed by atoms with Crippen LogP contribution in [0.15, 0.2) is 24.3 Å². The Kier molecular flexibility index (Phi) is 2.32. The minimum Gasteiger partial charge on any atom is -0.270 e. The zero-order valence-corrected chi connectivity index (χ0v) is 9.55. The fourth-order valence-electron chi connectivity index (χ4n) is 2.22. The minimum atomic E-state index is -1.20. The number of halogens is 2. The number of aromatic amines is 1. The standard InChI is InChI=1S/C11H9F2N3S/c12-7-4-2-1-3-6(7)9-5-8(13)10-14-11(17)15-16(9)10/h1-4,8-9H,5H2,(H,15,17). The molecule has 17 heavy (non-hydrogen) atoms. The van der Waals surface area contributed by atoms with Crippen molar-refractivity contribution < 1.29 is 8.78 Å². The molecule has 3 rings (SSSR count). The highest BCUT2D eigenvalue weighted by molar-refractivity contribution is 7.71. The van der Waals surface area contributed by atoms with Crippen LogP contribution in [0.2, 0.25) is 0 Å². The first kappa shape index (κ1) is 10.6. The molecule has 0 radical (unpaired) electrons. The van der Waals surface area contributed by atoms with Crippen LogP contribution in [0.1, 0.15) is 30.0 Å². The van der Waals surface area contributed by atoms with Crippen molar-refractivity contribution in [2.24, 2.45) is 0 Å². The van der Waals surface area contributed by atoms with E-state index in [4.69, 9.17) is 12.2 Å². The molecule has 0 bridgehead atoms. The van der Waals surface area contributed by atoms with Crippen molar-refractivity contribution in [1.29, 1.82) is 0 Å². The Morgan fingerprint density at radius 3 is 2.94 bits per heavy atom. The van der Waals surface area contributed by atoms with Gasteiger partial charge in [0.05, 0.1) is 6.04 Å². The predicted molar refractivity (Wildman–Crippen MR) is 60.4 cm³/mol. The lowest BCUT2D eigenvalue weighted by Crippen LogP contribution is -2.09. The van der Waals surface area contributed by atoms with Crippen LogP contribution in [-0.2, 0) is 0 Å². The summed E-state index contributed by atoms with van der Waals surface area (Å²) in [5.41, 5.74) is 0.456. The summed E-state index contributed by atoms with van der Waals surface area (Å²) in [4.78, 5) is 3.90. The second-order valence-electron chi connectivity index (χ2n) is 4.00. The Bertz CT molecular complexity index is 619. The molecule has 1 aromatic carbocycles. The van der Waals surface area contributed by atoms with Crippen molar-refractivity contribution in [3.05, 3.63) is 46.2 Å². The molecule has 1 aliphatic heterocycles. The van der Waals surface area contributed by atoms with E-state index >= 15 is 0 Å².